The molecule has 0 radical (unpaired) electrons. The van der Waals surface area contributed by atoms with E-state index in [1.165, 1.54) is 24.3 Å². The van der Waals surface area contributed by atoms with Crippen molar-refractivity contribution in [3.8, 4) is 0 Å². The minimum Gasteiger partial charge on any atom is -0.306 e. The first-order chi connectivity index (χ1) is 9.06. The lowest BCUT2D eigenvalue weighted by molar-refractivity contribution is 0.564. The molecule has 0 aliphatic heterocycles. The molecule has 0 aliphatic rings. The molecule has 1 unspecified atom stereocenters. The average molecular weight is 282 g/mol. The van der Waals surface area contributed by atoms with E-state index < -0.39 is 0 Å². The maximum atomic E-state index is 13.1. The van der Waals surface area contributed by atoms with E-state index in [-0.39, 0.29) is 17.7 Å². The molecular weight excluding hydrogens is 268 g/mol. The number of hydrogen-bond acceptors (Lipinski definition) is 1. The molecule has 100 valence electrons. The molecule has 0 saturated carbocycles. The number of halogens is 3. The van der Waals surface area contributed by atoms with E-state index >= 15 is 0 Å². The van der Waals surface area contributed by atoms with Gasteiger partial charge in [-0.2, -0.15) is 0 Å². The van der Waals surface area contributed by atoms with Crippen molar-refractivity contribution in [3.63, 3.8) is 0 Å². The zero-order valence-electron chi connectivity index (χ0n) is 10.5. The molecule has 0 amide bonds. The van der Waals surface area contributed by atoms with Crippen molar-refractivity contribution in [1.29, 1.82) is 0 Å². The van der Waals surface area contributed by atoms with Gasteiger partial charge < -0.3 is 5.32 Å². The highest BCUT2D eigenvalue weighted by molar-refractivity contribution is 6.31. The van der Waals surface area contributed by atoms with Crippen LogP contribution in [0.5, 0.6) is 0 Å². The van der Waals surface area contributed by atoms with Crippen LogP contribution in [0.3, 0.4) is 0 Å². The van der Waals surface area contributed by atoms with E-state index in [9.17, 15) is 8.78 Å². The van der Waals surface area contributed by atoms with Crippen molar-refractivity contribution < 1.29 is 8.78 Å². The smallest absolute Gasteiger partial charge is 0.124 e. The fourth-order valence-corrected chi connectivity index (χ4v) is 2.06. The SMILES string of the molecule is CC(NCc1ccc(F)cc1Cl)c1cccc(F)c1. The Bertz CT molecular complexity index is 572. The molecule has 1 nitrogen and oxygen atoms in total. The second-order valence-electron chi connectivity index (χ2n) is 4.39. The van der Waals surface area contributed by atoms with Gasteiger partial charge in [0.2, 0.25) is 0 Å². The van der Waals surface area contributed by atoms with Gasteiger partial charge in [-0.3, -0.25) is 0 Å². The predicted octanol–water partition coefficient (Wildman–Crippen LogP) is 4.47. The van der Waals surface area contributed by atoms with Gasteiger partial charge in [0, 0.05) is 17.6 Å². The van der Waals surface area contributed by atoms with Crippen LogP contribution in [-0.4, -0.2) is 0 Å². The van der Waals surface area contributed by atoms with Crippen molar-refractivity contribution in [2.24, 2.45) is 0 Å². The third-order valence-corrected chi connectivity index (χ3v) is 3.31. The number of nitrogens with one attached hydrogen (secondary N) is 1. The van der Waals surface area contributed by atoms with Crippen molar-refractivity contribution in [3.05, 3.63) is 70.2 Å². The highest BCUT2D eigenvalue weighted by Crippen LogP contribution is 2.19. The van der Waals surface area contributed by atoms with Gasteiger partial charge in [-0.15, -0.1) is 0 Å². The molecule has 0 spiro atoms. The molecule has 0 fully saturated rings. The Morgan fingerprint density at radius 2 is 1.84 bits per heavy atom. The van der Waals surface area contributed by atoms with E-state index in [2.05, 4.69) is 5.32 Å². The van der Waals surface area contributed by atoms with Gasteiger partial charge in [-0.25, -0.2) is 8.78 Å². The molecule has 2 aromatic carbocycles. The summed E-state index contributed by atoms with van der Waals surface area (Å²) in [6, 6.07) is 10.7. The van der Waals surface area contributed by atoms with Crippen LogP contribution in [0.4, 0.5) is 8.78 Å². The molecule has 2 rings (SSSR count). The topological polar surface area (TPSA) is 12.0 Å². The summed E-state index contributed by atoms with van der Waals surface area (Å²) in [5, 5.41) is 3.62. The molecule has 4 heteroatoms. The zero-order chi connectivity index (χ0) is 13.8. The van der Waals surface area contributed by atoms with Crippen LogP contribution in [0, 0.1) is 11.6 Å². The molecule has 0 saturated heterocycles. The predicted molar refractivity (Wildman–Crippen MR) is 73.1 cm³/mol. The number of hydrogen-bond donors (Lipinski definition) is 1. The second kappa shape index (κ2) is 6.13. The molecule has 1 N–H and O–H groups in total. The molecule has 0 heterocycles. The van der Waals surface area contributed by atoms with Crippen LogP contribution >= 0.6 is 11.6 Å². The normalized spacial score (nSPS) is 12.4. The number of benzene rings is 2. The second-order valence-corrected chi connectivity index (χ2v) is 4.80. The molecule has 0 aromatic heterocycles. The van der Waals surface area contributed by atoms with E-state index in [0.717, 1.165) is 11.1 Å². The van der Waals surface area contributed by atoms with Crippen LogP contribution < -0.4 is 5.32 Å². The average Bonchev–Trinajstić information content (AvgIpc) is 2.37. The largest absolute Gasteiger partial charge is 0.306 e. The Hall–Kier alpha value is -1.45. The quantitative estimate of drug-likeness (QED) is 0.872. The van der Waals surface area contributed by atoms with Gasteiger partial charge in [0.25, 0.3) is 0 Å². The summed E-state index contributed by atoms with van der Waals surface area (Å²) in [5.41, 5.74) is 1.67. The van der Waals surface area contributed by atoms with Gasteiger partial charge in [-0.1, -0.05) is 29.8 Å². The Morgan fingerprint density at radius 1 is 1.11 bits per heavy atom. The molecule has 2 aromatic rings. The Balaban J connectivity index is 2.02. The van der Waals surface area contributed by atoms with E-state index in [4.69, 9.17) is 11.6 Å². The molecule has 0 aliphatic carbocycles. The third-order valence-electron chi connectivity index (χ3n) is 2.96. The first kappa shape index (κ1) is 14.0. The summed E-state index contributed by atoms with van der Waals surface area (Å²) in [7, 11) is 0. The zero-order valence-corrected chi connectivity index (χ0v) is 11.2. The van der Waals surface area contributed by atoms with Crippen LogP contribution in [0.2, 0.25) is 5.02 Å². The Morgan fingerprint density at radius 3 is 2.53 bits per heavy atom. The molecule has 1 atom stereocenters. The molecule has 19 heavy (non-hydrogen) atoms. The lowest BCUT2D eigenvalue weighted by Crippen LogP contribution is -2.18. The lowest BCUT2D eigenvalue weighted by Gasteiger charge is -2.15. The highest BCUT2D eigenvalue weighted by Gasteiger charge is 2.07. The summed E-state index contributed by atoms with van der Waals surface area (Å²) in [4.78, 5) is 0. The summed E-state index contributed by atoms with van der Waals surface area (Å²) in [6.07, 6.45) is 0. The van der Waals surface area contributed by atoms with Gasteiger partial charge in [-0.05, 0) is 42.3 Å². The first-order valence-electron chi connectivity index (χ1n) is 5.99. The van der Waals surface area contributed by atoms with Crippen LogP contribution in [0.15, 0.2) is 42.5 Å². The number of rotatable bonds is 4. The summed E-state index contributed by atoms with van der Waals surface area (Å²) in [5.74, 6) is -0.613. The van der Waals surface area contributed by atoms with E-state index in [0.29, 0.717) is 11.6 Å². The fraction of sp³-hybridized carbons (Fsp3) is 0.200. The minimum atomic E-state index is -0.355. The Labute approximate surface area is 116 Å². The molecular formula is C15H14ClF2N. The van der Waals surface area contributed by atoms with E-state index in [1.807, 2.05) is 13.0 Å². The van der Waals surface area contributed by atoms with Crippen molar-refractivity contribution in [2.45, 2.75) is 19.5 Å². The van der Waals surface area contributed by atoms with Crippen LogP contribution in [0.1, 0.15) is 24.1 Å². The van der Waals surface area contributed by atoms with Gasteiger partial charge in [0.1, 0.15) is 11.6 Å². The molecule has 0 bridgehead atoms. The lowest BCUT2D eigenvalue weighted by atomic mass is 10.1. The minimum absolute atomic E-state index is 0.0168. The van der Waals surface area contributed by atoms with Crippen LogP contribution in [-0.2, 0) is 6.54 Å². The summed E-state index contributed by atoms with van der Waals surface area (Å²) in [6.45, 7) is 2.43. The Kier molecular flexibility index (Phi) is 4.51. The monoisotopic (exact) mass is 281 g/mol. The highest BCUT2D eigenvalue weighted by atomic mass is 35.5. The van der Waals surface area contributed by atoms with Gasteiger partial charge >= 0.3 is 0 Å². The van der Waals surface area contributed by atoms with Gasteiger partial charge in [0.15, 0.2) is 0 Å². The summed E-state index contributed by atoms with van der Waals surface area (Å²) >= 11 is 5.94. The fourth-order valence-electron chi connectivity index (χ4n) is 1.82. The van der Waals surface area contributed by atoms with Crippen molar-refractivity contribution >= 4 is 11.6 Å². The maximum Gasteiger partial charge on any atom is 0.124 e. The maximum absolute atomic E-state index is 13.1. The van der Waals surface area contributed by atoms with Crippen molar-refractivity contribution in [1.82, 2.24) is 5.32 Å². The van der Waals surface area contributed by atoms with Crippen molar-refractivity contribution in [2.75, 3.05) is 0 Å². The standard InChI is InChI=1S/C15H14ClF2N/c1-10(11-3-2-4-13(17)7-11)19-9-12-5-6-14(18)8-15(12)16/h2-8,10,19H,9H2,1H3. The first-order valence-corrected chi connectivity index (χ1v) is 6.37. The van der Waals surface area contributed by atoms with E-state index in [1.54, 1.807) is 12.1 Å². The summed E-state index contributed by atoms with van der Waals surface area (Å²) < 4.78 is 26.0. The van der Waals surface area contributed by atoms with Crippen LogP contribution in [0.25, 0.3) is 0 Å². The third kappa shape index (κ3) is 3.75. The van der Waals surface area contributed by atoms with Gasteiger partial charge in [0.05, 0.1) is 0 Å².